The Balaban J connectivity index is 1.58. The summed E-state index contributed by atoms with van der Waals surface area (Å²) in [5.41, 5.74) is -0.326. The second-order valence-corrected chi connectivity index (χ2v) is 9.80. The Morgan fingerprint density at radius 2 is 1.80 bits per heavy atom. The quantitative estimate of drug-likeness (QED) is 0.603. The number of carbonyl (C=O) groups is 3. The largest absolute Gasteiger partial charge is 0.462 e. The number of carbonyl (C=O) groups excluding carboxylic acids is 3. The SMILES string of the molecule is C[C@@H]1C(=O)OC[C@H]2O[C@H](C[C@@H]2O)N2C(=O)NC(=O)[C@]3(C)[C@H]2O[C@@]3(c2ccccc2)c2cccc1c2. The third-order valence-corrected chi connectivity index (χ3v) is 7.92. The zero-order valence-electron chi connectivity index (χ0n) is 19.3. The van der Waals surface area contributed by atoms with Crippen LogP contribution in [0.2, 0.25) is 0 Å². The molecule has 182 valence electrons. The highest BCUT2D eigenvalue weighted by Crippen LogP contribution is 2.62. The third-order valence-electron chi connectivity index (χ3n) is 7.92. The number of fused-ring (bicyclic) bond motifs is 3. The first-order valence-corrected chi connectivity index (χ1v) is 11.7. The Morgan fingerprint density at radius 3 is 2.57 bits per heavy atom. The molecule has 5 aliphatic heterocycles. The zero-order valence-corrected chi connectivity index (χ0v) is 19.3. The third kappa shape index (κ3) is 2.89. The number of rotatable bonds is 1. The number of aliphatic hydroxyl groups is 1. The van der Waals surface area contributed by atoms with E-state index in [4.69, 9.17) is 14.2 Å². The lowest BCUT2D eigenvalue weighted by atomic mass is 9.58. The minimum absolute atomic E-state index is 0.0986. The normalized spacial score (nSPS) is 38.2. The fourth-order valence-electron chi connectivity index (χ4n) is 5.87. The number of esters is 1. The van der Waals surface area contributed by atoms with E-state index in [1.54, 1.807) is 13.8 Å². The predicted octanol–water partition coefficient (Wildman–Crippen LogP) is 1.98. The minimum atomic E-state index is -1.23. The van der Waals surface area contributed by atoms with Crippen LogP contribution in [0.1, 0.15) is 42.9 Å². The molecule has 9 heteroatoms. The van der Waals surface area contributed by atoms with Crippen LogP contribution in [0.4, 0.5) is 4.79 Å². The van der Waals surface area contributed by atoms with Crippen molar-refractivity contribution >= 4 is 17.9 Å². The van der Waals surface area contributed by atoms with Gasteiger partial charge in [0.1, 0.15) is 30.0 Å². The first-order chi connectivity index (χ1) is 16.8. The highest BCUT2D eigenvalue weighted by molar-refractivity contribution is 6.02. The van der Waals surface area contributed by atoms with E-state index in [1.165, 1.54) is 4.90 Å². The van der Waals surface area contributed by atoms with Gasteiger partial charge in [-0.1, -0.05) is 54.6 Å². The highest BCUT2D eigenvalue weighted by Gasteiger charge is 2.75. The van der Waals surface area contributed by atoms with Gasteiger partial charge in [0, 0.05) is 6.42 Å². The topological polar surface area (TPSA) is 114 Å². The lowest BCUT2D eigenvalue weighted by molar-refractivity contribution is -0.344. The molecule has 7 rings (SSSR count). The van der Waals surface area contributed by atoms with Gasteiger partial charge in [0.15, 0.2) is 6.23 Å². The molecule has 3 amide bonds. The smallest absolute Gasteiger partial charge is 0.328 e. The van der Waals surface area contributed by atoms with Crippen molar-refractivity contribution in [3.8, 4) is 0 Å². The number of hydrogen-bond donors (Lipinski definition) is 2. The number of ether oxygens (including phenoxy) is 3. The molecule has 7 atom stereocenters. The van der Waals surface area contributed by atoms with Gasteiger partial charge in [-0.2, -0.15) is 0 Å². The first kappa shape index (κ1) is 22.2. The van der Waals surface area contributed by atoms with Crippen LogP contribution >= 0.6 is 0 Å². The molecule has 35 heavy (non-hydrogen) atoms. The second kappa shape index (κ2) is 7.61. The number of aliphatic hydroxyl groups excluding tert-OH is 1. The fourth-order valence-corrected chi connectivity index (χ4v) is 5.87. The summed E-state index contributed by atoms with van der Waals surface area (Å²) in [6.07, 6.45) is -3.44. The van der Waals surface area contributed by atoms with Crippen molar-refractivity contribution in [1.82, 2.24) is 10.2 Å². The second-order valence-electron chi connectivity index (χ2n) is 9.80. The number of benzene rings is 2. The van der Waals surface area contributed by atoms with Crippen molar-refractivity contribution in [2.45, 2.75) is 56.5 Å². The lowest BCUT2D eigenvalue weighted by Gasteiger charge is -2.65. The average Bonchev–Trinajstić information content (AvgIpc) is 3.22. The van der Waals surface area contributed by atoms with Crippen LogP contribution in [0.25, 0.3) is 0 Å². The molecule has 5 aliphatic rings. The van der Waals surface area contributed by atoms with Gasteiger partial charge in [-0.3, -0.25) is 19.8 Å². The van der Waals surface area contributed by atoms with Gasteiger partial charge in [0.25, 0.3) is 0 Å². The summed E-state index contributed by atoms with van der Waals surface area (Å²) in [5.74, 6) is -1.51. The summed E-state index contributed by atoms with van der Waals surface area (Å²) in [7, 11) is 0. The number of urea groups is 1. The molecule has 5 heterocycles. The van der Waals surface area contributed by atoms with Gasteiger partial charge < -0.3 is 19.3 Å². The number of imide groups is 1. The molecule has 2 N–H and O–H groups in total. The van der Waals surface area contributed by atoms with Crippen LogP contribution in [0, 0.1) is 5.41 Å². The molecule has 2 aromatic rings. The van der Waals surface area contributed by atoms with Crippen molar-refractivity contribution in [2.75, 3.05) is 6.61 Å². The molecule has 0 spiro atoms. The van der Waals surface area contributed by atoms with Crippen LogP contribution in [-0.2, 0) is 29.4 Å². The van der Waals surface area contributed by atoms with E-state index < -0.39 is 59.5 Å². The molecule has 2 aromatic carbocycles. The van der Waals surface area contributed by atoms with E-state index in [9.17, 15) is 19.5 Å². The van der Waals surface area contributed by atoms with Crippen molar-refractivity contribution in [1.29, 1.82) is 0 Å². The molecular weight excluding hydrogens is 452 g/mol. The molecule has 3 fully saturated rings. The van der Waals surface area contributed by atoms with Crippen LogP contribution in [0.3, 0.4) is 0 Å². The molecule has 0 radical (unpaired) electrons. The number of nitrogens with zero attached hydrogens (tertiary/aromatic N) is 1. The first-order valence-electron chi connectivity index (χ1n) is 11.7. The van der Waals surface area contributed by atoms with E-state index in [0.29, 0.717) is 11.1 Å². The van der Waals surface area contributed by atoms with Crippen LogP contribution in [0.15, 0.2) is 54.6 Å². The summed E-state index contributed by atoms with van der Waals surface area (Å²) in [6, 6.07) is 16.1. The van der Waals surface area contributed by atoms with Crippen molar-refractivity contribution < 1.29 is 33.7 Å². The van der Waals surface area contributed by atoms with Gasteiger partial charge in [-0.05, 0) is 30.5 Å². The van der Waals surface area contributed by atoms with Crippen LogP contribution in [-0.4, -0.2) is 59.2 Å². The Hall–Kier alpha value is -3.27. The van der Waals surface area contributed by atoms with Crippen LogP contribution in [0.5, 0.6) is 0 Å². The van der Waals surface area contributed by atoms with E-state index in [2.05, 4.69) is 5.32 Å². The van der Waals surface area contributed by atoms with E-state index in [0.717, 1.165) is 5.56 Å². The average molecular weight is 479 g/mol. The summed E-state index contributed by atoms with van der Waals surface area (Å²) in [5, 5.41) is 13.1. The van der Waals surface area contributed by atoms with Gasteiger partial charge in [-0.15, -0.1) is 0 Å². The maximum Gasteiger partial charge on any atom is 0.328 e. The standard InChI is InChI=1S/C26H26N2O7/c1-14-15-7-6-10-17(11-15)26(16-8-4-3-5-9-16)25(2)22(31)27-24(32)28(23(25)35-26)20-12-18(29)19(34-20)13-33-21(14)30/h3-11,14,18-20,23,29H,12-13H2,1-2H3,(H,27,31,32)/t14-,18-,19+,20+,23+,25+,26-/m0/s1. The van der Waals surface area contributed by atoms with E-state index in [-0.39, 0.29) is 13.0 Å². The van der Waals surface area contributed by atoms with E-state index in [1.807, 2.05) is 54.6 Å². The Labute approximate surface area is 202 Å². The molecule has 0 unspecified atom stereocenters. The zero-order chi connectivity index (χ0) is 24.5. The molecule has 0 saturated carbocycles. The summed E-state index contributed by atoms with van der Waals surface area (Å²) in [4.78, 5) is 40.8. The molecule has 8 bridgehead atoms. The Bertz CT molecular complexity index is 1220. The van der Waals surface area contributed by atoms with Gasteiger partial charge in [0.2, 0.25) is 5.91 Å². The predicted molar refractivity (Wildman–Crippen MR) is 121 cm³/mol. The fraction of sp³-hybridized carbons (Fsp3) is 0.423. The number of hydrogen-bond acceptors (Lipinski definition) is 7. The van der Waals surface area contributed by atoms with Gasteiger partial charge >= 0.3 is 12.0 Å². The van der Waals surface area contributed by atoms with Crippen molar-refractivity contribution in [3.05, 3.63) is 71.3 Å². The maximum absolute atomic E-state index is 13.6. The lowest BCUT2D eigenvalue weighted by Crippen LogP contribution is -2.81. The minimum Gasteiger partial charge on any atom is -0.462 e. The molecule has 9 nitrogen and oxygen atoms in total. The number of nitrogens with one attached hydrogen (secondary N) is 1. The van der Waals surface area contributed by atoms with Gasteiger partial charge in [0.05, 0.1) is 12.0 Å². The van der Waals surface area contributed by atoms with Crippen molar-refractivity contribution in [3.63, 3.8) is 0 Å². The number of amides is 3. The summed E-state index contributed by atoms with van der Waals surface area (Å²) < 4.78 is 18.1. The Kier molecular flexibility index (Phi) is 4.83. The highest BCUT2D eigenvalue weighted by atomic mass is 16.6. The van der Waals surface area contributed by atoms with Crippen LogP contribution < -0.4 is 5.32 Å². The summed E-state index contributed by atoms with van der Waals surface area (Å²) >= 11 is 0. The van der Waals surface area contributed by atoms with Gasteiger partial charge in [-0.25, -0.2) is 4.79 Å². The Morgan fingerprint density at radius 1 is 1.06 bits per heavy atom. The summed E-state index contributed by atoms with van der Waals surface area (Å²) in [6.45, 7) is 3.38. The maximum atomic E-state index is 13.6. The molecule has 3 saturated heterocycles. The molecular formula is C26H26N2O7. The molecule has 0 aromatic heterocycles. The monoisotopic (exact) mass is 478 g/mol. The molecule has 0 aliphatic carbocycles. The van der Waals surface area contributed by atoms with E-state index >= 15 is 0 Å². The van der Waals surface area contributed by atoms with Crippen molar-refractivity contribution in [2.24, 2.45) is 5.41 Å².